The van der Waals surface area contributed by atoms with Crippen LogP contribution in [0.4, 0.5) is 0 Å². The van der Waals surface area contributed by atoms with Gasteiger partial charge in [-0.25, -0.2) is 0 Å². The molecule has 0 radical (unpaired) electrons. The van der Waals surface area contributed by atoms with Crippen LogP contribution in [0, 0.1) is 5.92 Å². The molecule has 0 saturated heterocycles. The van der Waals surface area contributed by atoms with Gasteiger partial charge in [0.05, 0.1) is 7.11 Å². The Hall–Kier alpha value is -3.09. The summed E-state index contributed by atoms with van der Waals surface area (Å²) in [6.07, 6.45) is 0.732. The van der Waals surface area contributed by atoms with Gasteiger partial charge in [0, 0.05) is 17.0 Å². The number of nitrogens with one attached hydrogen (secondary N) is 1. The number of esters is 2. The molecule has 1 aromatic heterocycles. The summed E-state index contributed by atoms with van der Waals surface area (Å²) in [6, 6.07) is 19.0. The predicted octanol–water partition coefficient (Wildman–Crippen LogP) is 5.43. The first-order valence-electron chi connectivity index (χ1n) is 11.2. The minimum absolute atomic E-state index is 0.168. The second kappa shape index (κ2) is 12.4. The summed E-state index contributed by atoms with van der Waals surface area (Å²) in [5.41, 5.74) is 1.77. The van der Waals surface area contributed by atoms with E-state index < -0.39 is 24.0 Å². The van der Waals surface area contributed by atoms with Crippen molar-refractivity contribution in [3.63, 3.8) is 0 Å². The number of ether oxygens (including phenoxy) is 2. The Morgan fingerprint density at radius 3 is 2.29 bits per heavy atom. The summed E-state index contributed by atoms with van der Waals surface area (Å²) in [7, 11) is 1.32. The van der Waals surface area contributed by atoms with Gasteiger partial charge in [-0.3, -0.25) is 14.9 Å². The normalized spacial score (nSPS) is 12.9. The largest absolute Gasteiger partial charge is 0.468 e. The van der Waals surface area contributed by atoms with Crippen LogP contribution >= 0.6 is 11.6 Å². The Morgan fingerprint density at radius 2 is 1.65 bits per heavy atom. The molecular weight excluding hydrogens is 454 g/mol. The second-order valence-electron chi connectivity index (χ2n) is 8.49. The summed E-state index contributed by atoms with van der Waals surface area (Å²) in [6.45, 7) is 4.19. The number of carbonyl (C=O) groups is 2. The summed E-state index contributed by atoms with van der Waals surface area (Å²) in [5, 5.41) is 3.79. The van der Waals surface area contributed by atoms with Crippen LogP contribution in [0.25, 0.3) is 11.3 Å². The third-order valence-electron chi connectivity index (χ3n) is 5.30. The van der Waals surface area contributed by atoms with E-state index in [1.807, 2.05) is 68.4 Å². The highest BCUT2D eigenvalue weighted by Gasteiger charge is 2.30. The molecule has 3 rings (SSSR count). The molecule has 2 aromatic carbocycles. The van der Waals surface area contributed by atoms with Gasteiger partial charge < -0.3 is 13.9 Å². The SMILES string of the molecule is COC(=O)C(Cc1ccc(-c2ccc(Cl)cc2)o1)NC(CC(C)C)C(=O)OCc1ccccc1. The van der Waals surface area contributed by atoms with Crippen LogP contribution in [0.5, 0.6) is 0 Å². The quantitative estimate of drug-likeness (QED) is 0.366. The van der Waals surface area contributed by atoms with Crippen molar-refractivity contribution in [1.82, 2.24) is 5.32 Å². The first-order chi connectivity index (χ1) is 16.4. The van der Waals surface area contributed by atoms with Crippen LogP contribution in [-0.2, 0) is 32.1 Å². The molecule has 0 aliphatic carbocycles. The lowest BCUT2D eigenvalue weighted by Gasteiger charge is -2.24. The zero-order valence-electron chi connectivity index (χ0n) is 19.6. The number of methoxy groups -OCH3 is 1. The lowest BCUT2D eigenvalue weighted by atomic mass is 10.0. The van der Waals surface area contributed by atoms with Crippen molar-refractivity contribution in [3.05, 3.63) is 83.1 Å². The zero-order chi connectivity index (χ0) is 24.5. The van der Waals surface area contributed by atoms with Crippen LogP contribution in [0.15, 0.2) is 71.1 Å². The molecule has 0 bridgehead atoms. The third-order valence-corrected chi connectivity index (χ3v) is 5.55. The van der Waals surface area contributed by atoms with Crippen LogP contribution in [0.2, 0.25) is 5.02 Å². The van der Waals surface area contributed by atoms with Crippen LogP contribution in [0.3, 0.4) is 0 Å². The lowest BCUT2D eigenvalue weighted by molar-refractivity contribution is -0.149. The van der Waals surface area contributed by atoms with E-state index >= 15 is 0 Å². The number of rotatable bonds is 11. The van der Waals surface area contributed by atoms with Gasteiger partial charge in [0.15, 0.2) is 0 Å². The number of benzene rings is 2. The fraction of sp³-hybridized carbons (Fsp3) is 0.333. The molecule has 0 amide bonds. The molecule has 180 valence electrons. The zero-order valence-corrected chi connectivity index (χ0v) is 20.4. The Labute approximate surface area is 205 Å². The van der Waals surface area contributed by atoms with Crippen LogP contribution in [-0.4, -0.2) is 31.1 Å². The lowest BCUT2D eigenvalue weighted by Crippen LogP contribution is -2.49. The molecule has 2 atom stereocenters. The Bertz CT molecular complexity index is 1060. The number of carbonyl (C=O) groups excluding carboxylic acids is 2. The molecule has 0 aliphatic heterocycles. The van der Waals surface area contributed by atoms with Gasteiger partial charge in [-0.2, -0.15) is 0 Å². The van der Waals surface area contributed by atoms with E-state index in [4.69, 9.17) is 25.5 Å². The van der Waals surface area contributed by atoms with Crippen molar-refractivity contribution >= 4 is 23.5 Å². The highest BCUT2D eigenvalue weighted by atomic mass is 35.5. The number of hydrogen-bond acceptors (Lipinski definition) is 6. The minimum Gasteiger partial charge on any atom is -0.468 e. The Kier molecular flexibility index (Phi) is 9.31. The van der Waals surface area contributed by atoms with Gasteiger partial charge in [0.2, 0.25) is 0 Å². The number of furan rings is 1. The molecule has 2 unspecified atom stereocenters. The van der Waals surface area contributed by atoms with E-state index in [0.717, 1.165) is 11.1 Å². The molecule has 0 fully saturated rings. The monoisotopic (exact) mass is 483 g/mol. The molecule has 6 nitrogen and oxygen atoms in total. The molecule has 0 spiro atoms. The number of halogens is 1. The Balaban J connectivity index is 1.71. The van der Waals surface area contributed by atoms with Crippen LogP contribution < -0.4 is 5.32 Å². The first-order valence-corrected chi connectivity index (χ1v) is 11.6. The topological polar surface area (TPSA) is 77.8 Å². The molecular formula is C27H30ClNO5. The second-order valence-corrected chi connectivity index (χ2v) is 8.93. The molecule has 1 heterocycles. The average molecular weight is 484 g/mol. The van der Waals surface area contributed by atoms with Crippen molar-refractivity contribution in [2.45, 2.75) is 45.4 Å². The molecule has 3 aromatic rings. The third kappa shape index (κ3) is 7.47. The average Bonchev–Trinajstić information content (AvgIpc) is 3.30. The van der Waals surface area contributed by atoms with E-state index in [0.29, 0.717) is 23.0 Å². The molecule has 34 heavy (non-hydrogen) atoms. The van der Waals surface area contributed by atoms with Gasteiger partial charge in [-0.05, 0) is 54.3 Å². The summed E-state index contributed by atoms with van der Waals surface area (Å²) < 4.78 is 16.5. The van der Waals surface area contributed by atoms with Gasteiger partial charge >= 0.3 is 11.9 Å². The van der Waals surface area contributed by atoms with Crippen molar-refractivity contribution in [2.75, 3.05) is 7.11 Å². The fourth-order valence-electron chi connectivity index (χ4n) is 3.59. The molecule has 0 saturated carbocycles. The van der Waals surface area contributed by atoms with Crippen molar-refractivity contribution in [2.24, 2.45) is 5.92 Å². The minimum atomic E-state index is -0.776. The van der Waals surface area contributed by atoms with Gasteiger partial charge in [0.25, 0.3) is 0 Å². The van der Waals surface area contributed by atoms with Crippen molar-refractivity contribution in [3.8, 4) is 11.3 Å². The first kappa shape index (κ1) is 25.5. The molecule has 0 aliphatic rings. The van der Waals surface area contributed by atoms with Gasteiger partial charge in [-0.1, -0.05) is 55.8 Å². The summed E-state index contributed by atoms with van der Waals surface area (Å²) in [5.74, 6) is 0.576. The Morgan fingerprint density at radius 1 is 0.941 bits per heavy atom. The van der Waals surface area contributed by atoms with E-state index in [1.165, 1.54) is 7.11 Å². The smallest absolute Gasteiger partial charge is 0.323 e. The van der Waals surface area contributed by atoms with Crippen LogP contribution in [0.1, 0.15) is 31.6 Å². The summed E-state index contributed by atoms with van der Waals surface area (Å²) >= 11 is 5.96. The van der Waals surface area contributed by atoms with Crippen molar-refractivity contribution in [1.29, 1.82) is 0 Å². The van der Waals surface area contributed by atoms with E-state index in [1.54, 1.807) is 12.1 Å². The summed E-state index contributed by atoms with van der Waals surface area (Å²) in [4.78, 5) is 25.5. The predicted molar refractivity (Wildman–Crippen MR) is 131 cm³/mol. The maximum Gasteiger partial charge on any atom is 0.323 e. The van der Waals surface area contributed by atoms with E-state index in [2.05, 4.69) is 5.32 Å². The molecule has 1 N–H and O–H groups in total. The maximum absolute atomic E-state index is 12.9. The highest BCUT2D eigenvalue weighted by molar-refractivity contribution is 6.30. The highest BCUT2D eigenvalue weighted by Crippen LogP contribution is 2.24. The standard InChI is InChI=1S/C27H30ClNO5/c1-18(2)15-23(27(31)33-17-19-7-5-4-6-8-19)29-24(26(30)32-3)16-22-13-14-25(34-22)20-9-11-21(28)12-10-20/h4-14,18,23-24,29H,15-17H2,1-3H3. The van der Waals surface area contributed by atoms with Crippen molar-refractivity contribution < 1.29 is 23.5 Å². The number of hydrogen-bond donors (Lipinski definition) is 1. The van der Waals surface area contributed by atoms with E-state index in [9.17, 15) is 9.59 Å². The van der Waals surface area contributed by atoms with Gasteiger partial charge in [-0.15, -0.1) is 0 Å². The van der Waals surface area contributed by atoms with Gasteiger partial charge in [0.1, 0.15) is 30.2 Å². The maximum atomic E-state index is 12.9. The van der Waals surface area contributed by atoms with E-state index in [-0.39, 0.29) is 18.9 Å². The molecule has 7 heteroatoms. The fourth-order valence-corrected chi connectivity index (χ4v) is 3.71.